The van der Waals surface area contributed by atoms with Crippen LogP contribution in [0.15, 0.2) is 6.07 Å². The molecular weight excluding hydrogens is 168 g/mol. The summed E-state index contributed by atoms with van der Waals surface area (Å²) in [6, 6.07) is 1.45. The van der Waals surface area contributed by atoms with Crippen LogP contribution in [0.1, 0.15) is 30.9 Å². The minimum Gasteiger partial charge on any atom is -0.504 e. The molecule has 0 radical (unpaired) electrons. The van der Waals surface area contributed by atoms with Crippen molar-refractivity contribution in [2.45, 2.75) is 26.7 Å². The van der Waals surface area contributed by atoms with Crippen LogP contribution in [-0.2, 0) is 0 Å². The van der Waals surface area contributed by atoms with Gasteiger partial charge >= 0.3 is 0 Å². The van der Waals surface area contributed by atoms with E-state index in [0.29, 0.717) is 5.56 Å². The van der Waals surface area contributed by atoms with E-state index in [-0.39, 0.29) is 17.4 Å². The molecule has 3 nitrogen and oxygen atoms in total. The molecule has 0 saturated heterocycles. The Morgan fingerprint density at radius 1 is 1.08 bits per heavy atom. The monoisotopic (exact) mass is 182 g/mol. The second kappa shape index (κ2) is 3.17. The van der Waals surface area contributed by atoms with Crippen LogP contribution in [0.5, 0.6) is 17.2 Å². The van der Waals surface area contributed by atoms with Crippen LogP contribution >= 0.6 is 0 Å². The Bertz CT molecular complexity index is 329. The number of benzene rings is 1. The van der Waals surface area contributed by atoms with Crippen molar-refractivity contribution in [2.24, 2.45) is 0 Å². The largest absolute Gasteiger partial charge is 0.504 e. The van der Waals surface area contributed by atoms with E-state index in [9.17, 15) is 15.3 Å². The predicted octanol–water partition coefficient (Wildman–Crippen LogP) is 2.24. The Kier molecular flexibility index (Phi) is 2.36. The minimum absolute atomic E-state index is 0.117. The van der Waals surface area contributed by atoms with Gasteiger partial charge in [0.05, 0.1) is 0 Å². The molecule has 0 unspecified atom stereocenters. The molecule has 0 spiro atoms. The number of aromatic hydroxyl groups is 3. The van der Waals surface area contributed by atoms with Gasteiger partial charge in [-0.05, 0) is 24.5 Å². The maximum Gasteiger partial charge on any atom is 0.200 e. The summed E-state index contributed by atoms with van der Waals surface area (Å²) in [5.74, 6) is -0.812. The third-order valence-electron chi connectivity index (χ3n) is 2.08. The number of phenolic OH excluding ortho intramolecular Hbond substituents is 3. The molecule has 3 N–H and O–H groups in total. The van der Waals surface area contributed by atoms with Gasteiger partial charge in [0, 0.05) is 5.56 Å². The molecule has 0 amide bonds. The second-order valence-electron chi connectivity index (χ2n) is 3.48. The highest BCUT2D eigenvalue weighted by molar-refractivity contribution is 5.57. The zero-order valence-electron chi connectivity index (χ0n) is 8.00. The van der Waals surface area contributed by atoms with Crippen LogP contribution < -0.4 is 0 Å². The lowest BCUT2D eigenvalue weighted by atomic mass is 9.96. The van der Waals surface area contributed by atoms with Crippen LogP contribution in [-0.4, -0.2) is 15.3 Å². The summed E-state index contributed by atoms with van der Waals surface area (Å²) in [5.41, 5.74) is 1.46. The maximum atomic E-state index is 9.52. The van der Waals surface area contributed by atoms with Crippen LogP contribution in [0.3, 0.4) is 0 Å². The van der Waals surface area contributed by atoms with E-state index in [2.05, 4.69) is 0 Å². The zero-order chi connectivity index (χ0) is 10.2. The van der Waals surface area contributed by atoms with Crippen molar-refractivity contribution in [1.29, 1.82) is 0 Å². The lowest BCUT2D eigenvalue weighted by molar-refractivity contribution is 0.363. The molecule has 3 heteroatoms. The van der Waals surface area contributed by atoms with Gasteiger partial charge in [-0.25, -0.2) is 0 Å². The summed E-state index contributed by atoms with van der Waals surface area (Å²) in [6.07, 6.45) is 0. The zero-order valence-corrected chi connectivity index (χ0v) is 8.00. The Balaban J connectivity index is 3.44. The van der Waals surface area contributed by atoms with Gasteiger partial charge in [-0.2, -0.15) is 0 Å². The SMILES string of the molecule is Cc1cc(O)c(O)c(O)c1C(C)C. The third kappa shape index (κ3) is 1.54. The van der Waals surface area contributed by atoms with Gasteiger partial charge in [0.15, 0.2) is 11.5 Å². The van der Waals surface area contributed by atoms with E-state index < -0.39 is 5.75 Å². The highest BCUT2D eigenvalue weighted by Gasteiger charge is 2.16. The number of hydrogen-bond acceptors (Lipinski definition) is 3. The van der Waals surface area contributed by atoms with Crippen molar-refractivity contribution in [2.75, 3.05) is 0 Å². The summed E-state index contributed by atoms with van der Waals surface area (Å²) in [6.45, 7) is 5.62. The highest BCUT2D eigenvalue weighted by atomic mass is 16.3. The van der Waals surface area contributed by atoms with Crippen molar-refractivity contribution in [3.05, 3.63) is 17.2 Å². The van der Waals surface area contributed by atoms with Gasteiger partial charge in [-0.15, -0.1) is 0 Å². The van der Waals surface area contributed by atoms with Crippen molar-refractivity contribution in [3.63, 3.8) is 0 Å². The van der Waals surface area contributed by atoms with E-state index in [0.717, 1.165) is 5.56 Å². The quantitative estimate of drug-likeness (QED) is 0.584. The average Bonchev–Trinajstić information content (AvgIpc) is 1.99. The Morgan fingerprint density at radius 3 is 2.08 bits per heavy atom. The average molecular weight is 182 g/mol. The molecule has 0 bridgehead atoms. The van der Waals surface area contributed by atoms with Crippen LogP contribution in [0.2, 0.25) is 0 Å². The molecule has 1 rings (SSSR count). The summed E-state index contributed by atoms with van der Waals surface area (Å²) in [5, 5.41) is 28.0. The Hall–Kier alpha value is -1.38. The van der Waals surface area contributed by atoms with Crippen molar-refractivity contribution in [3.8, 4) is 17.2 Å². The van der Waals surface area contributed by atoms with Gasteiger partial charge in [-0.1, -0.05) is 13.8 Å². The van der Waals surface area contributed by atoms with Gasteiger partial charge in [0.1, 0.15) is 0 Å². The van der Waals surface area contributed by atoms with Gasteiger partial charge < -0.3 is 15.3 Å². The first-order chi connectivity index (χ1) is 5.95. The summed E-state index contributed by atoms with van der Waals surface area (Å²) >= 11 is 0. The van der Waals surface area contributed by atoms with Gasteiger partial charge in [-0.3, -0.25) is 0 Å². The summed E-state index contributed by atoms with van der Waals surface area (Å²) in [7, 11) is 0. The highest BCUT2D eigenvalue weighted by Crippen LogP contribution is 2.42. The smallest absolute Gasteiger partial charge is 0.200 e. The molecule has 13 heavy (non-hydrogen) atoms. The fourth-order valence-electron chi connectivity index (χ4n) is 1.52. The van der Waals surface area contributed by atoms with E-state index in [1.165, 1.54) is 6.07 Å². The van der Waals surface area contributed by atoms with Gasteiger partial charge in [0.25, 0.3) is 0 Å². The predicted molar refractivity (Wildman–Crippen MR) is 50.3 cm³/mol. The third-order valence-corrected chi connectivity index (χ3v) is 2.08. The normalized spacial score (nSPS) is 10.8. The number of phenols is 3. The molecule has 0 atom stereocenters. The minimum atomic E-state index is -0.436. The molecular formula is C10H14O3. The van der Waals surface area contributed by atoms with Crippen molar-refractivity contribution >= 4 is 0 Å². The first-order valence-corrected chi connectivity index (χ1v) is 4.19. The molecule has 0 aliphatic heterocycles. The second-order valence-corrected chi connectivity index (χ2v) is 3.48. The molecule has 0 aromatic heterocycles. The number of aryl methyl sites for hydroxylation is 1. The lowest BCUT2D eigenvalue weighted by Crippen LogP contribution is -1.93. The van der Waals surface area contributed by atoms with Crippen LogP contribution in [0, 0.1) is 6.92 Å². The number of rotatable bonds is 1. The molecule has 0 aliphatic carbocycles. The molecule has 0 aliphatic rings. The fourth-order valence-corrected chi connectivity index (χ4v) is 1.52. The molecule has 0 saturated carbocycles. The van der Waals surface area contributed by atoms with E-state index in [4.69, 9.17) is 0 Å². The summed E-state index contributed by atoms with van der Waals surface area (Å²) < 4.78 is 0. The van der Waals surface area contributed by atoms with Gasteiger partial charge in [0.2, 0.25) is 5.75 Å². The Labute approximate surface area is 77.3 Å². The van der Waals surface area contributed by atoms with E-state index in [1.54, 1.807) is 6.92 Å². The molecule has 0 fully saturated rings. The lowest BCUT2D eigenvalue weighted by Gasteiger charge is -2.13. The van der Waals surface area contributed by atoms with Crippen molar-refractivity contribution in [1.82, 2.24) is 0 Å². The van der Waals surface area contributed by atoms with E-state index >= 15 is 0 Å². The molecule has 72 valence electrons. The first-order valence-electron chi connectivity index (χ1n) is 4.19. The molecule has 1 aromatic carbocycles. The Morgan fingerprint density at radius 2 is 1.62 bits per heavy atom. The van der Waals surface area contributed by atoms with Crippen LogP contribution in [0.4, 0.5) is 0 Å². The maximum absolute atomic E-state index is 9.52. The van der Waals surface area contributed by atoms with Crippen molar-refractivity contribution < 1.29 is 15.3 Å². The summed E-state index contributed by atoms with van der Waals surface area (Å²) in [4.78, 5) is 0. The van der Waals surface area contributed by atoms with Crippen LogP contribution in [0.25, 0.3) is 0 Å². The molecule has 1 aromatic rings. The standard InChI is InChI=1S/C10H14O3/c1-5(2)8-6(3)4-7(11)9(12)10(8)13/h4-5,11-13H,1-3H3. The topological polar surface area (TPSA) is 60.7 Å². The number of hydrogen-bond donors (Lipinski definition) is 3. The fraction of sp³-hybridized carbons (Fsp3) is 0.400. The molecule has 0 heterocycles. The first kappa shape index (κ1) is 9.71. The van der Waals surface area contributed by atoms with E-state index in [1.807, 2.05) is 13.8 Å².